The molecule has 29 heavy (non-hydrogen) atoms. The highest BCUT2D eigenvalue weighted by Crippen LogP contribution is 2.35. The summed E-state index contributed by atoms with van der Waals surface area (Å²) in [5, 5.41) is 10.2. The highest BCUT2D eigenvalue weighted by molar-refractivity contribution is 7.99. The summed E-state index contributed by atoms with van der Waals surface area (Å²) >= 11 is 21.9. The number of aromatic nitrogens is 3. The summed E-state index contributed by atoms with van der Waals surface area (Å²) in [6, 6.07) is 13.5. The van der Waals surface area contributed by atoms with Gasteiger partial charge in [-0.05, 0) is 29.7 Å². The Kier molecular flexibility index (Phi) is 5.73. The first-order valence-corrected chi connectivity index (χ1v) is 11.0. The minimum atomic E-state index is -0.179. The van der Waals surface area contributed by atoms with E-state index in [0.717, 1.165) is 34.2 Å². The fraction of sp³-hybridized carbons (Fsp3) is 0.286. The normalized spacial score (nSPS) is 13.7. The van der Waals surface area contributed by atoms with Crippen LogP contribution in [0.5, 0.6) is 0 Å². The maximum atomic E-state index is 6.49. The van der Waals surface area contributed by atoms with Gasteiger partial charge < -0.3 is 0 Å². The van der Waals surface area contributed by atoms with E-state index in [0.29, 0.717) is 23.0 Å². The van der Waals surface area contributed by atoms with Crippen LogP contribution in [0.25, 0.3) is 5.69 Å². The topological polar surface area (TPSA) is 43.1 Å². The van der Waals surface area contributed by atoms with Gasteiger partial charge in [0.2, 0.25) is 0 Å². The average molecular weight is 463 g/mol. The number of aliphatic imine (C=N–C) groups is 1. The molecule has 1 aromatic heterocycles. The fourth-order valence-electron chi connectivity index (χ4n) is 3.36. The molecule has 150 valence electrons. The molecule has 3 aromatic rings. The number of nitrogens with zero attached hydrogens (tertiary/aromatic N) is 4. The van der Waals surface area contributed by atoms with Crippen molar-refractivity contribution >= 4 is 54.2 Å². The third-order valence-corrected chi connectivity index (χ3v) is 7.03. The van der Waals surface area contributed by atoms with Crippen LogP contribution in [-0.4, -0.2) is 25.1 Å². The van der Waals surface area contributed by atoms with Crippen LogP contribution >= 0.6 is 48.5 Å². The number of benzene rings is 2. The van der Waals surface area contributed by atoms with Crippen LogP contribution in [0.1, 0.15) is 36.6 Å². The summed E-state index contributed by atoms with van der Waals surface area (Å²) < 4.78 is 1.98. The van der Waals surface area contributed by atoms with E-state index in [1.54, 1.807) is 0 Å². The molecule has 8 heteroatoms. The van der Waals surface area contributed by atoms with Crippen molar-refractivity contribution < 1.29 is 0 Å². The van der Waals surface area contributed by atoms with Crippen LogP contribution in [0.2, 0.25) is 10.0 Å². The third kappa shape index (κ3) is 3.96. The Bertz CT molecular complexity index is 1110. The Hall–Kier alpha value is -1.47. The second-order valence-electron chi connectivity index (χ2n) is 7.71. The van der Waals surface area contributed by atoms with E-state index in [1.165, 1.54) is 0 Å². The molecule has 0 amide bonds. The smallest absolute Gasteiger partial charge is 0.159 e. The molecule has 0 fully saturated rings. The highest BCUT2D eigenvalue weighted by Gasteiger charge is 2.30. The molecular formula is C21H20Cl2N4S2. The standard InChI is InChI=1S/C21H20Cl2N4S2/c1-21(2,20(28)29)10-17-25-26-18-11-24-19(13-5-3-4-6-15(13)23)14-9-12(22)7-8-16(14)27(17)18/h3-9,20,28-29H,10-11H2,1-2H3. The number of rotatable bonds is 4. The minimum Gasteiger partial charge on any atom is -0.281 e. The van der Waals surface area contributed by atoms with Crippen LogP contribution < -0.4 is 0 Å². The van der Waals surface area contributed by atoms with Gasteiger partial charge in [-0.3, -0.25) is 9.56 Å². The lowest BCUT2D eigenvalue weighted by molar-refractivity contribution is 0.392. The molecule has 0 N–H and O–H groups in total. The first kappa shape index (κ1) is 20.8. The molecule has 0 spiro atoms. The van der Waals surface area contributed by atoms with Gasteiger partial charge in [0.25, 0.3) is 0 Å². The van der Waals surface area contributed by atoms with Crippen LogP contribution in [0, 0.1) is 5.41 Å². The van der Waals surface area contributed by atoms with Gasteiger partial charge in [-0.2, -0.15) is 25.3 Å². The molecule has 0 radical (unpaired) electrons. The van der Waals surface area contributed by atoms with Crippen molar-refractivity contribution in [2.45, 2.75) is 31.4 Å². The van der Waals surface area contributed by atoms with E-state index in [9.17, 15) is 0 Å². The summed E-state index contributed by atoms with van der Waals surface area (Å²) in [4.78, 5) is 4.84. The Balaban J connectivity index is 1.90. The predicted molar refractivity (Wildman–Crippen MR) is 126 cm³/mol. The Morgan fingerprint density at radius 1 is 1.07 bits per heavy atom. The zero-order valence-electron chi connectivity index (χ0n) is 16.0. The van der Waals surface area contributed by atoms with E-state index in [1.807, 2.05) is 42.5 Å². The van der Waals surface area contributed by atoms with Crippen molar-refractivity contribution in [2.24, 2.45) is 10.4 Å². The van der Waals surface area contributed by atoms with Crippen molar-refractivity contribution in [1.29, 1.82) is 0 Å². The van der Waals surface area contributed by atoms with Gasteiger partial charge in [-0.1, -0.05) is 55.2 Å². The second kappa shape index (κ2) is 7.99. The number of fused-ring (bicyclic) bond motifs is 3. The SMILES string of the molecule is CC(C)(Cc1nnc2n1-c1ccc(Cl)cc1C(c1ccccc1Cl)=NC2)C(S)S. The van der Waals surface area contributed by atoms with Gasteiger partial charge in [0.15, 0.2) is 5.82 Å². The molecule has 4 nitrogen and oxygen atoms in total. The lowest BCUT2D eigenvalue weighted by Crippen LogP contribution is -2.25. The first-order valence-electron chi connectivity index (χ1n) is 9.17. The third-order valence-electron chi connectivity index (χ3n) is 5.07. The molecule has 0 aliphatic carbocycles. The van der Waals surface area contributed by atoms with Crippen molar-refractivity contribution in [3.63, 3.8) is 0 Å². The zero-order chi connectivity index (χ0) is 20.8. The van der Waals surface area contributed by atoms with Crippen molar-refractivity contribution in [1.82, 2.24) is 14.8 Å². The molecule has 0 atom stereocenters. The first-order chi connectivity index (χ1) is 13.8. The second-order valence-corrected chi connectivity index (χ2v) is 10.00. The Morgan fingerprint density at radius 3 is 2.55 bits per heavy atom. The molecule has 0 unspecified atom stereocenters. The van der Waals surface area contributed by atoms with Crippen molar-refractivity contribution in [3.8, 4) is 5.69 Å². The van der Waals surface area contributed by atoms with E-state index >= 15 is 0 Å². The molecule has 2 aromatic carbocycles. The molecule has 0 saturated heterocycles. The maximum absolute atomic E-state index is 6.49. The number of hydrogen-bond donors (Lipinski definition) is 2. The van der Waals surface area contributed by atoms with E-state index in [-0.39, 0.29) is 10.00 Å². The monoisotopic (exact) mass is 462 g/mol. The summed E-state index contributed by atoms with van der Waals surface area (Å²) in [6.45, 7) is 4.63. The van der Waals surface area contributed by atoms with Crippen molar-refractivity contribution in [2.75, 3.05) is 0 Å². The maximum Gasteiger partial charge on any atom is 0.159 e. The van der Waals surface area contributed by atoms with Gasteiger partial charge in [-0.15, -0.1) is 10.2 Å². The molecule has 1 aliphatic heterocycles. The summed E-state index contributed by atoms with van der Waals surface area (Å²) in [7, 11) is 0. The van der Waals surface area contributed by atoms with E-state index in [4.69, 9.17) is 28.2 Å². The number of halogens is 2. The van der Waals surface area contributed by atoms with Crippen molar-refractivity contribution in [3.05, 3.63) is 75.3 Å². The van der Waals surface area contributed by atoms with Gasteiger partial charge in [-0.25, -0.2) is 0 Å². The lowest BCUT2D eigenvalue weighted by Gasteiger charge is -2.27. The van der Waals surface area contributed by atoms with Gasteiger partial charge in [0, 0.05) is 32.2 Å². The van der Waals surface area contributed by atoms with Gasteiger partial charge in [0.1, 0.15) is 12.4 Å². The molecule has 2 heterocycles. The average Bonchev–Trinajstić information content (AvgIpc) is 2.97. The molecule has 1 aliphatic rings. The number of thiol groups is 2. The molecule has 4 rings (SSSR count). The summed E-state index contributed by atoms with van der Waals surface area (Å²) in [6.07, 6.45) is 0.668. The number of hydrogen-bond acceptors (Lipinski definition) is 5. The van der Waals surface area contributed by atoms with Gasteiger partial charge >= 0.3 is 0 Å². The minimum absolute atomic E-state index is 0.0964. The molecular weight excluding hydrogens is 443 g/mol. The van der Waals surface area contributed by atoms with E-state index < -0.39 is 0 Å². The largest absolute Gasteiger partial charge is 0.281 e. The molecule has 0 bridgehead atoms. The molecule has 0 saturated carbocycles. The van der Waals surface area contributed by atoms with Crippen LogP contribution in [0.15, 0.2) is 47.5 Å². The van der Waals surface area contributed by atoms with E-state index in [2.05, 4.69) is 53.9 Å². The summed E-state index contributed by atoms with van der Waals surface area (Å²) in [5.41, 5.74) is 3.32. The van der Waals surface area contributed by atoms with Crippen LogP contribution in [0.3, 0.4) is 0 Å². The lowest BCUT2D eigenvalue weighted by atomic mass is 9.91. The quantitative estimate of drug-likeness (QED) is 0.386. The van der Waals surface area contributed by atoms with Gasteiger partial charge in [0.05, 0.1) is 11.4 Å². The highest BCUT2D eigenvalue weighted by atomic mass is 35.5. The fourth-order valence-corrected chi connectivity index (χ4v) is 3.94. The van der Waals surface area contributed by atoms with Crippen LogP contribution in [-0.2, 0) is 13.0 Å². The zero-order valence-corrected chi connectivity index (χ0v) is 19.3. The predicted octanol–water partition coefficient (Wildman–Crippen LogP) is 5.68. The van der Waals surface area contributed by atoms with Crippen LogP contribution in [0.4, 0.5) is 0 Å². The Morgan fingerprint density at radius 2 is 1.83 bits per heavy atom. The summed E-state index contributed by atoms with van der Waals surface area (Å²) in [5.74, 6) is 1.62. The Labute approximate surface area is 191 Å².